The van der Waals surface area contributed by atoms with Crippen molar-refractivity contribution in [2.75, 3.05) is 30.1 Å². The summed E-state index contributed by atoms with van der Waals surface area (Å²) in [5.41, 5.74) is 3.16. The van der Waals surface area contributed by atoms with Gasteiger partial charge in [-0.05, 0) is 36.2 Å². The molecule has 2 heterocycles. The van der Waals surface area contributed by atoms with E-state index < -0.39 is 0 Å². The summed E-state index contributed by atoms with van der Waals surface area (Å²) in [6.07, 6.45) is 2.65. The molecule has 0 aliphatic carbocycles. The molecule has 2 aromatic carbocycles. The Labute approximate surface area is 188 Å². The number of para-hydroxylation sites is 1. The Bertz CT molecular complexity index is 1210. The molecule has 31 heavy (non-hydrogen) atoms. The molecule has 4 rings (SSSR count). The highest BCUT2D eigenvalue weighted by molar-refractivity contribution is 8.00. The molecule has 3 aromatic rings. The lowest BCUT2D eigenvalue weighted by Gasteiger charge is -2.16. The number of nitrogens with zero attached hydrogens (tertiary/aromatic N) is 3. The van der Waals surface area contributed by atoms with Gasteiger partial charge < -0.3 is 14.2 Å². The Morgan fingerprint density at radius 1 is 1.26 bits per heavy atom. The van der Waals surface area contributed by atoms with Crippen molar-refractivity contribution >= 4 is 50.8 Å². The van der Waals surface area contributed by atoms with Gasteiger partial charge in [-0.25, -0.2) is 0 Å². The number of carbonyl (C=O) groups is 2. The van der Waals surface area contributed by atoms with Crippen LogP contribution in [0.15, 0.2) is 60.1 Å². The number of amides is 2. The molecule has 0 spiro atoms. The second-order valence-electron chi connectivity index (χ2n) is 7.04. The van der Waals surface area contributed by atoms with Crippen LogP contribution in [0, 0.1) is 0 Å². The van der Waals surface area contributed by atoms with Crippen LogP contribution in [0.4, 0.5) is 5.69 Å². The summed E-state index contributed by atoms with van der Waals surface area (Å²) in [4.78, 5) is 31.8. The third kappa shape index (κ3) is 4.60. The van der Waals surface area contributed by atoms with Crippen LogP contribution >= 0.6 is 23.1 Å². The van der Waals surface area contributed by atoms with E-state index in [0.717, 1.165) is 28.1 Å². The quantitative estimate of drug-likeness (QED) is 0.513. The molecule has 6 nitrogen and oxygen atoms in total. The lowest BCUT2D eigenvalue weighted by molar-refractivity contribution is -0.116. The molecule has 1 aliphatic rings. The zero-order chi connectivity index (χ0) is 21.8. The summed E-state index contributed by atoms with van der Waals surface area (Å²) in [5, 5.41) is 0. The average Bonchev–Trinajstić information content (AvgIpc) is 3.35. The minimum Gasteiger partial charge on any atom is -0.497 e. The van der Waals surface area contributed by atoms with Crippen molar-refractivity contribution in [1.29, 1.82) is 0 Å². The van der Waals surface area contributed by atoms with E-state index in [1.165, 1.54) is 28.7 Å². The van der Waals surface area contributed by atoms with Crippen molar-refractivity contribution in [1.82, 2.24) is 4.57 Å². The Morgan fingerprint density at radius 2 is 2.10 bits per heavy atom. The van der Waals surface area contributed by atoms with E-state index in [2.05, 4.69) is 17.6 Å². The number of hydrogen-bond donors (Lipinski definition) is 0. The van der Waals surface area contributed by atoms with Crippen molar-refractivity contribution < 1.29 is 14.3 Å². The number of thiazole rings is 1. The van der Waals surface area contributed by atoms with Crippen molar-refractivity contribution in [2.24, 2.45) is 4.99 Å². The Kier molecular flexibility index (Phi) is 6.58. The smallest absolute Gasteiger partial charge is 0.258 e. The average molecular weight is 454 g/mol. The van der Waals surface area contributed by atoms with Gasteiger partial charge in [0.2, 0.25) is 5.91 Å². The number of benzene rings is 2. The van der Waals surface area contributed by atoms with E-state index in [-0.39, 0.29) is 23.3 Å². The highest BCUT2D eigenvalue weighted by atomic mass is 32.2. The molecule has 0 N–H and O–H groups in total. The fourth-order valence-electron chi connectivity index (χ4n) is 3.61. The number of rotatable bonds is 7. The summed E-state index contributed by atoms with van der Waals surface area (Å²) >= 11 is 2.74. The van der Waals surface area contributed by atoms with Crippen LogP contribution in [0.25, 0.3) is 10.2 Å². The van der Waals surface area contributed by atoms with E-state index in [4.69, 9.17) is 4.74 Å². The van der Waals surface area contributed by atoms with E-state index in [1.807, 2.05) is 41.0 Å². The van der Waals surface area contributed by atoms with Gasteiger partial charge in [0.25, 0.3) is 5.91 Å². The molecular weight excluding hydrogens is 430 g/mol. The van der Waals surface area contributed by atoms with E-state index in [0.29, 0.717) is 17.9 Å². The summed E-state index contributed by atoms with van der Waals surface area (Å²) < 4.78 is 8.24. The standard InChI is InChI=1S/C23H23N3O3S2/c1-3-11-26-19-9-8-17(29-2)13-20(19)31-23(26)24-21(27)14-30-15-22(28)25-12-10-16-6-4-5-7-18(16)25/h3-9,13H,1,10-12,14-15H2,2H3. The maximum absolute atomic E-state index is 12.6. The van der Waals surface area contributed by atoms with Crippen LogP contribution < -0.4 is 14.4 Å². The molecule has 160 valence electrons. The molecule has 0 unspecified atom stereocenters. The van der Waals surface area contributed by atoms with Gasteiger partial charge in [0.05, 0.1) is 28.8 Å². The molecule has 1 aliphatic heterocycles. The SMILES string of the molecule is C=CCn1c(=NC(=O)CSCC(=O)N2CCc3ccccc32)sc2cc(OC)ccc21. The molecule has 0 bridgehead atoms. The number of hydrogen-bond acceptors (Lipinski definition) is 5. The molecule has 0 radical (unpaired) electrons. The maximum atomic E-state index is 12.6. The number of aromatic nitrogens is 1. The third-order valence-electron chi connectivity index (χ3n) is 5.06. The first kappa shape index (κ1) is 21.4. The normalized spacial score (nSPS) is 13.5. The minimum atomic E-state index is -0.254. The maximum Gasteiger partial charge on any atom is 0.258 e. The lowest BCUT2D eigenvalue weighted by Crippen LogP contribution is -2.30. The molecule has 8 heteroatoms. The third-order valence-corrected chi connectivity index (χ3v) is 7.00. The number of carbonyl (C=O) groups excluding carboxylic acids is 2. The van der Waals surface area contributed by atoms with Crippen LogP contribution in [-0.4, -0.2) is 41.5 Å². The molecule has 0 saturated carbocycles. The van der Waals surface area contributed by atoms with E-state index in [9.17, 15) is 9.59 Å². The fraction of sp³-hybridized carbons (Fsp3) is 0.261. The topological polar surface area (TPSA) is 63.9 Å². The highest BCUT2D eigenvalue weighted by Gasteiger charge is 2.23. The van der Waals surface area contributed by atoms with Gasteiger partial charge in [0, 0.05) is 18.8 Å². The molecule has 2 amide bonds. The van der Waals surface area contributed by atoms with Crippen LogP contribution in [0.5, 0.6) is 5.75 Å². The largest absolute Gasteiger partial charge is 0.497 e. The van der Waals surface area contributed by atoms with Crippen molar-refractivity contribution in [2.45, 2.75) is 13.0 Å². The predicted octanol–water partition coefficient (Wildman–Crippen LogP) is 3.65. The summed E-state index contributed by atoms with van der Waals surface area (Å²) in [6.45, 7) is 5.06. The van der Waals surface area contributed by atoms with Gasteiger partial charge >= 0.3 is 0 Å². The number of fused-ring (bicyclic) bond motifs is 2. The van der Waals surface area contributed by atoms with Gasteiger partial charge in [-0.3, -0.25) is 9.59 Å². The second kappa shape index (κ2) is 9.53. The zero-order valence-electron chi connectivity index (χ0n) is 17.2. The van der Waals surface area contributed by atoms with Gasteiger partial charge in [-0.1, -0.05) is 35.6 Å². The first-order valence-electron chi connectivity index (χ1n) is 9.92. The van der Waals surface area contributed by atoms with Gasteiger partial charge in [-0.2, -0.15) is 4.99 Å². The zero-order valence-corrected chi connectivity index (χ0v) is 18.9. The van der Waals surface area contributed by atoms with Crippen LogP contribution in [0.1, 0.15) is 5.56 Å². The summed E-state index contributed by atoms with van der Waals surface area (Å²) in [6, 6.07) is 13.7. The van der Waals surface area contributed by atoms with E-state index in [1.54, 1.807) is 18.1 Å². The molecule has 0 atom stereocenters. The van der Waals surface area contributed by atoms with Crippen LogP contribution in [0.3, 0.4) is 0 Å². The number of methoxy groups -OCH3 is 1. The first-order chi connectivity index (χ1) is 15.1. The predicted molar refractivity (Wildman–Crippen MR) is 127 cm³/mol. The Morgan fingerprint density at radius 3 is 2.90 bits per heavy atom. The molecular formula is C23H23N3O3S2. The van der Waals surface area contributed by atoms with Gasteiger partial charge in [0.1, 0.15) is 5.75 Å². The van der Waals surface area contributed by atoms with Crippen molar-refractivity contribution in [3.05, 3.63) is 65.5 Å². The Hall–Kier alpha value is -2.84. The lowest BCUT2D eigenvalue weighted by atomic mass is 10.2. The number of anilines is 1. The molecule has 0 fully saturated rings. The van der Waals surface area contributed by atoms with Crippen molar-refractivity contribution in [3.8, 4) is 5.75 Å². The highest BCUT2D eigenvalue weighted by Crippen LogP contribution is 2.28. The van der Waals surface area contributed by atoms with Crippen molar-refractivity contribution in [3.63, 3.8) is 0 Å². The minimum absolute atomic E-state index is 0.0263. The van der Waals surface area contributed by atoms with Gasteiger partial charge in [-0.15, -0.1) is 18.3 Å². The van der Waals surface area contributed by atoms with E-state index >= 15 is 0 Å². The summed E-state index contributed by atoms with van der Waals surface area (Å²) in [5.74, 6) is 0.947. The monoisotopic (exact) mass is 453 g/mol. The molecule has 0 saturated heterocycles. The first-order valence-corrected chi connectivity index (χ1v) is 11.9. The van der Waals surface area contributed by atoms with Crippen LogP contribution in [0.2, 0.25) is 0 Å². The van der Waals surface area contributed by atoms with Crippen LogP contribution in [-0.2, 0) is 22.6 Å². The number of allylic oxidation sites excluding steroid dienone is 1. The Balaban J connectivity index is 1.43. The number of ether oxygens (including phenoxy) is 1. The van der Waals surface area contributed by atoms with Gasteiger partial charge in [0.15, 0.2) is 4.80 Å². The second-order valence-corrected chi connectivity index (χ2v) is 9.03. The number of thioether (sulfide) groups is 1. The molecule has 1 aromatic heterocycles. The summed E-state index contributed by atoms with van der Waals surface area (Å²) in [7, 11) is 1.63. The fourth-order valence-corrected chi connectivity index (χ4v) is 5.37.